The van der Waals surface area contributed by atoms with Crippen LogP contribution in [0.15, 0.2) is 24.3 Å². The maximum Gasteiger partial charge on any atom is 0.0502 e. The Hall–Kier alpha value is -0.860. The van der Waals surface area contributed by atoms with Crippen LogP contribution in [0.2, 0.25) is 0 Å². The fourth-order valence-electron chi connectivity index (χ4n) is 4.00. The highest BCUT2D eigenvalue weighted by atomic mass is 16.5. The van der Waals surface area contributed by atoms with Gasteiger partial charge in [-0.3, -0.25) is 0 Å². The molecule has 2 rings (SSSR count). The van der Waals surface area contributed by atoms with Crippen LogP contribution in [-0.4, -0.2) is 13.7 Å². The first-order valence-corrected chi connectivity index (χ1v) is 8.41. The van der Waals surface area contributed by atoms with E-state index in [0.717, 1.165) is 18.9 Å². The summed E-state index contributed by atoms with van der Waals surface area (Å²) < 4.78 is 5.14. The van der Waals surface area contributed by atoms with Crippen molar-refractivity contribution in [3.63, 3.8) is 0 Å². The molecule has 0 bridgehead atoms. The van der Waals surface area contributed by atoms with E-state index < -0.39 is 0 Å². The molecular weight excluding hydrogens is 258 g/mol. The Morgan fingerprint density at radius 1 is 1.14 bits per heavy atom. The second kappa shape index (κ2) is 7.42. The Morgan fingerprint density at radius 2 is 1.76 bits per heavy atom. The van der Waals surface area contributed by atoms with Crippen molar-refractivity contribution in [2.24, 2.45) is 17.1 Å². The lowest BCUT2D eigenvalue weighted by Gasteiger charge is -2.37. The van der Waals surface area contributed by atoms with E-state index in [1.54, 1.807) is 7.11 Å². The summed E-state index contributed by atoms with van der Waals surface area (Å²) in [7, 11) is 1.75. The molecule has 2 nitrogen and oxygen atoms in total. The van der Waals surface area contributed by atoms with Gasteiger partial charge in [-0.05, 0) is 48.1 Å². The van der Waals surface area contributed by atoms with Gasteiger partial charge >= 0.3 is 0 Å². The lowest BCUT2D eigenvalue weighted by molar-refractivity contribution is 0.183. The van der Waals surface area contributed by atoms with Crippen LogP contribution < -0.4 is 5.73 Å². The molecule has 0 amide bonds. The molecule has 1 aliphatic carbocycles. The first-order valence-electron chi connectivity index (χ1n) is 8.41. The topological polar surface area (TPSA) is 35.2 Å². The summed E-state index contributed by atoms with van der Waals surface area (Å²) in [5.41, 5.74) is 9.67. The van der Waals surface area contributed by atoms with Crippen molar-refractivity contribution in [1.82, 2.24) is 0 Å². The molecule has 0 aliphatic heterocycles. The summed E-state index contributed by atoms with van der Waals surface area (Å²) in [4.78, 5) is 0. The van der Waals surface area contributed by atoms with Crippen LogP contribution in [0, 0.1) is 11.3 Å². The molecule has 2 N–H and O–H groups in total. The van der Waals surface area contributed by atoms with Crippen LogP contribution in [0.4, 0.5) is 0 Å². The van der Waals surface area contributed by atoms with Gasteiger partial charge in [0.15, 0.2) is 0 Å². The molecule has 1 atom stereocenters. The monoisotopic (exact) mass is 289 g/mol. The number of methoxy groups -OCH3 is 1. The first kappa shape index (κ1) is 16.5. The number of hydrogen-bond acceptors (Lipinski definition) is 2. The third-order valence-corrected chi connectivity index (χ3v) is 5.01. The fraction of sp³-hybridized carbons (Fsp3) is 0.684. The van der Waals surface area contributed by atoms with Gasteiger partial charge in [-0.1, -0.05) is 51.0 Å². The summed E-state index contributed by atoms with van der Waals surface area (Å²) in [6.07, 6.45) is 7.48. The van der Waals surface area contributed by atoms with Gasteiger partial charge in [0, 0.05) is 13.2 Å². The molecule has 1 aromatic carbocycles. The predicted octanol–water partition coefficient (Wildman–Crippen LogP) is 4.48. The molecule has 21 heavy (non-hydrogen) atoms. The van der Waals surface area contributed by atoms with Gasteiger partial charge in [-0.15, -0.1) is 0 Å². The number of nitrogens with two attached hydrogens (primary N) is 1. The second-order valence-electron chi connectivity index (χ2n) is 7.13. The number of benzene rings is 1. The van der Waals surface area contributed by atoms with Gasteiger partial charge in [0.2, 0.25) is 0 Å². The van der Waals surface area contributed by atoms with Gasteiger partial charge < -0.3 is 10.5 Å². The smallest absolute Gasteiger partial charge is 0.0502 e. The first-order chi connectivity index (χ1) is 10.1. The lowest BCUT2D eigenvalue weighted by Crippen LogP contribution is -2.33. The molecule has 0 saturated heterocycles. The van der Waals surface area contributed by atoms with E-state index in [1.807, 2.05) is 0 Å². The molecule has 1 unspecified atom stereocenters. The summed E-state index contributed by atoms with van der Waals surface area (Å²) in [5, 5.41) is 0. The van der Waals surface area contributed by atoms with Crippen LogP contribution in [0.25, 0.3) is 0 Å². The Morgan fingerprint density at radius 3 is 2.29 bits per heavy atom. The molecular formula is C19H31NO. The normalized spacial score (nSPS) is 19.1. The van der Waals surface area contributed by atoms with Gasteiger partial charge in [0.1, 0.15) is 0 Å². The summed E-state index contributed by atoms with van der Waals surface area (Å²) >= 11 is 0. The van der Waals surface area contributed by atoms with Crippen LogP contribution in [-0.2, 0) is 11.2 Å². The predicted molar refractivity (Wildman–Crippen MR) is 89.3 cm³/mol. The van der Waals surface area contributed by atoms with Crippen molar-refractivity contribution in [3.05, 3.63) is 35.4 Å². The number of ether oxygens (including phenoxy) is 1. The van der Waals surface area contributed by atoms with E-state index in [9.17, 15) is 0 Å². The third kappa shape index (κ3) is 4.08. The van der Waals surface area contributed by atoms with E-state index >= 15 is 0 Å². The molecule has 1 saturated carbocycles. The van der Waals surface area contributed by atoms with E-state index in [-0.39, 0.29) is 6.04 Å². The summed E-state index contributed by atoms with van der Waals surface area (Å²) in [6.45, 7) is 5.42. The molecule has 1 aromatic rings. The molecule has 0 aromatic heterocycles. The largest absolute Gasteiger partial charge is 0.384 e. The van der Waals surface area contributed by atoms with E-state index in [4.69, 9.17) is 10.5 Å². The van der Waals surface area contributed by atoms with E-state index in [2.05, 4.69) is 38.1 Å². The summed E-state index contributed by atoms with van der Waals surface area (Å²) in [5.74, 6) is 0.718. The Bertz CT molecular complexity index is 418. The van der Waals surface area contributed by atoms with Crippen LogP contribution >= 0.6 is 0 Å². The van der Waals surface area contributed by atoms with Crippen molar-refractivity contribution >= 4 is 0 Å². The quantitative estimate of drug-likeness (QED) is 0.803. The Balaban J connectivity index is 2.11. The maximum absolute atomic E-state index is 6.71. The van der Waals surface area contributed by atoms with Gasteiger partial charge in [-0.2, -0.15) is 0 Å². The third-order valence-electron chi connectivity index (χ3n) is 5.01. The van der Waals surface area contributed by atoms with Crippen molar-refractivity contribution in [2.45, 2.75) is 58.4 Å². The highest BCUT2D eigenvalue weighted by molar-refractivity contribution is 5.27. The van der Waals surface area contributed by atoms with Crippen molar-refractivity contribution in [3.8, 4) is 0 Å². The zero-order valence-electron chi connectivity index (χ0n) is 13.9. The molecule has 0 radical (unpaired) electrons. The molecule has 0 spiro atoms. The van der Waals surface area contributed by atoms with Crippen molar-refractivity contribution < 1.29 is 4.74 Å². The molecule has 1 fully saturated rings. The van der Waals surface area contributed by atoms with Crippen molar-refractivity contribution in [1.29, 1.82) is 0 Å². The van der Waals surface area contributed by atoms with Crippen molar-refractivity contribution in [2.75, 3.05) is 13.7 Å². The average molecular weight is 289 g/mol. The molecule has 118 valence electrons. The standard InChI is InChI=1S/C19H31NO/c1-15(2)14-19(11-4-5-12-19)18(20)17-8-6-16(7-9-17)10-13-21-3/h6-9,15,18H,4-5,10-14,20H2,1-3H3. The van der Waals surface area contributed by atoms with Gasteiger partial charge in [-0.25, -0.2) is 0 Å². The van der Waals surface area contributed by atoms with Crippen LogP contribution in [0.1, 0.15) is 63.1 Å². The van der Waals surface area contributed by atoms with Gasteiger partial charge in [0.25, 0.3) is 0 Å². The molecule has 1 aliphatic rings. The Labute approximate surface area is 130 Å². The minimum absolute atomic E-state index is 0.180. The van der Waals surface area contributed by atoms with Gasteiger partial charge in [0.05, 0.1) is 6.61 Å². The fourth-order valence-corrected chi connectivity index (χ4v) is 4.00. The minimum Gasteiger partial charge on any atom is -0.384 e. The highest BCUT2D eigenvalue weighted by Gasteiger charge is 2.40. The van der Waals surface area contributed by atoms with Crippen LogP contribution in [0.5, 0.6) is 0 Å². The zero-order valence-corrected chi connectivity index (χ0v) is 13.9. The van der Waals surface area contributed by atoms with Crippen LogP contribution in [0.3, 0.4) is 0 Å². The Kier molecular flexibility index (Phi) is 5.83. The SMILES string of the molecule is COCCc1ccc(C(N)C2(CC(C)C)CCCC2)cc1. The zero-order chi connectivity index (χ0) is 15.3. The highest BCUT2D eigenvalue weighted by Crippen LogP contribution is 2.50. The minimum atomic E-state index is 0.180. The van der Waals surface area contributed by atoms with E-state index in [1.165, 1.54) is 43.2 Å². The number of rotatable bonds is 7. The lowest BCUT2D eigenvalue weighted by atomic mass is 9.71. The second-order valence-corrected chi connectivity index (χ2v) is 7.13. The molecule has 2 heteroatoms. The molecule has 0 heterocycles. The summed E-state index contributed by atoms with van der Waals surface area (Å²) in [6, 6.07) is 9.07. The van der Waals surface area contributed by atoms with E-state index in [0.29, 0.717) is 5.41 Å². The number of hydrogen-bond donors (Lipinski definition) is 1. The average Bonchev–Trinajstić information content (AvgIpc) is 2.93. The maximum atomic E-state index is 6.71.